The minimum atomic E-state index is -0.440. The average molecular weight is 413 g/mol. The molecule has 2 amide bonds. The van der Waals surface area contributed by atoms with Crippen LogP contribution in [0, 0.1) is 11.7 Å². The van der Waals surface area contributed by atoms with Crippen LogP contribution in [0.4, 0.5) is 14.9 Å². The molecule has 1 aliphatic rings. The average Bonchev–Trinajstić information content (AvgIpc) is 2.77. The maximum atomic E-state index is 13.0. The second kappa shape index (κ2) is 10.7. The Bertz CT molecular complexity index is 849. The first kappa shape index (κ1) is 21.8. The van der Waals surface area contributed by atoms with Crippen LogP contribution in [0.1, 0.15) is 28.8 Å². The summed E-state index contributed by atoms with van der Waals surface area (Å²) < 4.78 is 17.7. The number of amides is 2. The van der Waals surface area contributed by atoms with Gasteiger partial charge in [0.1, 0.15) is 5.82 Å². The van der Waals surface area contributed by atoms with Crippen molar-refractivity contribution in [2.24, 2.45) is 5.92 Å². The lowest BCUT2D eigenvalue weighted by molar-refractivity contribution is 0.0600. The molecule has 0 aliphatic carbocycles. The Balaban J connectivity index is 1.35. The SMILES string of the molecule is COC(=O)c1cccc(NC(=O)NCC2CCN(CCc3ccc(F)cc3)CC2)c1. The van der Waals surface area contributed by atoms with Gasteiger partial charge in [-0.1, -0.05) is 18.2 Å². The molecular weight excluding hydrogens is 385 g/mol. The highest BCUT2D eigenvalue weighted by atomic mass is 19.1. The van der Waals surface area contributed by atoms with E-state index >= 15 is 0 Å². The summed E-state index contributed by atoms with van der Waals surface area (Å²) in [6.07, 6.45) is 2.97. The number of ether oxygens (including phenoxy) is 1. The summed E-state index contributed by atoms with van der Waals surface area (Å²) in [5.41, 5.74) is 2.09. The number of piperidine rings is 1. The normalized spacial score (nSPS) is 14.9. The number of benzene rings is 2. The van der Waals surface area contributed by atoms with Gasteiger partial charge in [0.25, 0.3) is 0 Å². The van der Waals surface area contributed by atoms with E-state index in [2.05, 4.69) is 15.5 Å². The van der Waals surface area contributed by atoms with E-state index in [0.29, 0.717) is 23.7 Å². The summed E-state index contributed by atoms with van der Waals surface area (Å²) >= 11 is 0. The minimum absolute atomic E-state index is 0.202. The number of likely N-dealkylation sites (tertiary alicyclic amines) is 1. The summed E-state index contributed by atoms with van der Waals surface area (Å²) in [7, 11) is 1.32. The largest absolute Gasteiger partial charge is 0.465 e. The van der Waals surface area contributed by atoms with E-state index in [0.717, 1.165) is 44.5 Å². The molecule has 6 nitrogen and oxygen atoms in total. The van der Waals surface area contributed by atoms with Crippen molar-refractivity contribution >= 4 is 17.7 Å². The molecule has 1 saturated heterocycles. The molecule has 0 spiro atoms. The van der Waals surface area contributed by atoms with E-state index in [1.54, 1.807) is 24.3 Å². The standard InChI is InChI=1S/C23H28FN3O3/c1-30-22(28)19-3-2-4-21(15-19)26-23(29)25-16-18-10-13-27(14-11-18)12-9-17-5-7-20(24)8-6-17/h2-8,15,18H,9-14,16H2,1H3,(H2,25,26,29). The number of urea groups is 1. The maximum Gasteiger partial charge on any atom is 0.337 e. The lowest BCUT2D eigenvalue weighted by atomic mass is 9.96. The molecule has 2 aromatic rings. The van der Waals surface area contributed by atoms with Gasteiger partial charge in [-0.25, -0.2) is 14.0 Å². The Labute approximate surface area is 176 Å². The molecular formula is C23H28FN3O3. The van der Waals surface area contributed by atoms with Gasteiger partial charge in [-0.2, -0.15) is 0 Å². The van der Waals surface area contributed by atoms with Gasteiger partial charge in [-0.3, -0.25) is 0 Å². The van der Waals surface area contributed by atoms with E-state index in [-0.39, 0.29) is 11.8 Å². The summed E-state index contributed by atoms with van der Waals surface area (Å²) in [6.45, 7) is 3.57. The molecule has 7 heteroatoms. The fourth-order valence-electron chi connectivity index (χ4n) is 3.61. The number of hydrogen-bond donors (Lipinski definition) is 2. The maximum absolute atomic E-state index is 13.0. The van der Waals surface area contributed by atoms with Gasteiger partial charge in [-0.15, -0.1) is 0 Å². The molecule has 30 heavy (non-hydrogen) atoms. The molecule has 3 rings (SSSR count). The Morgan fingerprint density at radius 1 is 1.13 bits per heavy atom. The quantitative estimate of drug-likeness (QED) is 0.680. The lowest BCUT2D eigenvalue weighted by Gasteiger charge is -2.32. The van der Waals surface area contributed by atoms with E-state index in [1.807, 2.05) is 12.1 Å². The van der Waals surface area contributed by atoms with Gasteiger partial charge in [0.15, 0.2) is 0 Å². The number of nitrogens with one attached hydrogen (secondary N) is 2. The number of anilines is 1. The van der Waals surface area contributed by atoms with Crippen LogP contribution in [0.25, 0.3) is 0 Å². The van der Waals surface area contributed by atoms with Crippen LogP contribution in [-0.2, 0) is 11.2 Å². The van der Waals surface area contributed by atoms with Crippen LogP contribution in [0.5, 0.6) is 0 Å². The molecule has 1 fully saturated rings. The fourth-order valence-corrected chi connectivity index (χ4v) is 3.61. The number of rotatable bonds is 7. The predicted octanol–water partition coefficient (Wildman–Crippen LogP) is 3.69. The number of hydrogen-bond acceptors (Lipinski definition) is 4. The fraction of sp³-hybridized carbons (Fsp3) is 0.391. The highest BCUT2D eigenvalue weighted by Gasteiger charge is 2.19. The molecule has 1 aliphatic heterocycles. The minimum Gasteiger partial charge on any atom is -0.465 e. The van der Waals surface area contributed by atoms with Gasteiger partial charge in [-0.05, 0) is 74.2 Å². The van der Waals surface area contributed by atoms with Crippen LogP contribution in [0.15, 0.2) is 48.5 Å². The molecule has 0 bridgehead atoms. The summed E-state index contributed by atoms with van der Waals surface area (Å²) in [6, 6.07) is 13.1. The van der Waals surface area contributed by atoms with Crippen LogP contribution in [0.2, 0.25) is 0 Å². The first-order valence-corrected chi connectivity index (χ1v) is 10.2. The van der Waals surface area contributed by atoms with Gasteiger partial charge in [0, 0.05) is 18.8 Å². The Kier molecular flexibility index (Phi) is 7.79. The first-order chi connectivity index (χ1) is 14.5. The zero-order chi connectivity index (χ0) is 21.3. The summed E-state index contributed by atoms with van der Waals surface area (Å²) in [5, 5.41) is 5.68. The van der Waals surface area contributed by atoms with E-state index in [9.17, 15) is 14.0 Å². The second-order valence-corrected chi connectivity index (χ2v) is 7.57. The van der Waals surface area contributed by atoms with Crippen molar-refractivity contribution in [3.8, 4) is 0 Å². The van der Waals surface area contributed by atoms with Crippen LogP contribution in [-0.4, -0.2) is 50.2 Å². The third-order valence-electron chi connectivity index (χ3n) is 5.43. The molecule has 0 unspecified atom stereocenters. The molecule has 0 radical (unpaired) electrons. The first-order valence-electron chi connectivity index (χ1n) is 10.2. The van der Waals surface area contributed by atoms with Gasteiger partial charge >= 0.3 is 12.0 Å². The van der Waals surface area contributed by atoms with Crippen LogP contribution < -0.4 is 10.6 Å². The third-order valence-corrected chi connectivity index (χ3v) is 5.43. The highest BCUT2D eigenvalue weighted by molar-refractivity contribution is 5.93. The van der Waals surface area contributed by atoms with Crippen molar-refractivity contribution in [2.75, 3.05) is 38.6 Å². The van der Waals surface area contributed by atoms with Crippen molar-refractivity contribution in [2.45, 2.75) is 19.3 Å². The Morgan fingerprint density at radius 2 is 1.87 bits per heavy atom. The van der Waals surface area contributed by atoms with Crippen molar-refractivity contribution in [3.63, 3.8) is 0 Å². The third kappa shape index (κ3) is 6.56. The molecule has 2 N–H and O–H groups in total. The molecule has 2 aromatic carbocycles. The van der Waals surface area contributed by atoms with Crippen LogP contribution in [0.3, 0.4) is 0 Å². The number of halogens is 1. The van der Waals surface area contributed by atoms with Crippen molar-refractivity contribution in [3.05, 3.63) is 65.5 Å². The van der Waals surface area contributed by atoms with E-state index < -0.39 is 5.97 Å². The zero-order valence-corrected chi connectivity index (χ0v) is 17.2. The lowest BCUT2D eigenvalue weighted by Crippen LogP contribution is -2.40. The summed E-state index contributed by atoms with van der Waals surface area (Å²) in [4.78, 5) is 26.2. The summed E-state index contributed by atoms with van der Waals surface area (Å²) in [5.74, 6) is -0.197. The monoisotopic (exact) mass is 413 g/mol. The number of nitrogens with zero attached hydrogens (tertiary/aromatic N) is 1. The number of carbonyl (C=O) groups excluding carboxylic acids is 2. The van der Waals surface area contributed by atoms with Crippen LogP contribution >= 0.6 is 0 Å². The highest BCUT2D eigenvalue weighted by Crippen LogP contribution is 2.17. The van der Waals surface area contributed by atoms with Crippen molar-refractivity contribution in [1.82, 2.24) is 10.2 Å². The molecule has 160 valence electrons. The molecule has 0 aromatic heterocycles. The second-order valence-electron chi connectivity index (χ2n) is 7.57. The molecule has 0 atom stereocenters. The number of carbonyl (C=O) groups is 2. The van der Waals surface area contributed by atoms with Gasteiger partial charge in [0.2, 0.25) is 0 Å². The Hall–Kier alpha value is -2.93. The predicted molar refractivity (Wildman–Crippen MR) is 114 cm³/mol. The van der Waals surface area contributed by atoms with E-state index in [4.69, 9.17) is 4.74 Å². The number of methoxy groups -OCH3 is 1. The molecule has 0 saturated carbocycles. The van der Waals surface area contributed by atoms with Gasteiger partial charge < -0.3 is 20.3 Å². The number of esters is 1. The topological polar surface area (TPSA) is 70.7 Å². The Morgan fingerprint density at radius 3 is 2.57 bits per heavy atom. The smallest absolute Gasteiger partial charge is 0.337 e. The molecule has 1 heterocycles. The zero-order valence-electron chi connectivity index (χ0n) is 17.2. The van der Waals surface area contributed by atoms with Gasteiger partial charge in [0.05, 0.1) is 12.7 Å². The van der Waals surface area contributed by atoms with E-state index in [1.165, 1.54) is 19.2 Å². The van der Waals surface area contributed by atoms with Crippen molar-refractivity contribution < 1.29 is 18.7 Å². The van der Waals surface area contributed by atoms with Crippen molar-refractivity contribution in [1.29, 1.82) is 0 Å².